The summed E-state index contributed by atoms with van der Waals surface area (Å²) in [6.45, 7) is 53.3. The molecule has 0 atom stereocenters. The lowest BCUT2D eigenvalue weighted by atomic mass is 10.1. The molecule has 0 aliphatic rings. The van der Waals surface area contributed by atoms with E-state index >= 15 is 4.46 Å². The Morgan fingerprint density at radius 2 is 0.705 bits per heavy atom. The van der Waals surface area contributed by atoms with E-state index in [0.29, 0.717) is 15.5 Å². The van der Waals surface area contributed by atoms with Crippen molar-refractivity contribution in [2.24, 2.45) is 0 Å². The van der Waals surface area contributed by atoms with Crippen LogP contribution >= 0.6 is 0 Å². The number of hydrogen-bond acceptors (Lipinski definition) is 1. The molecule has 0 spiro atoms. The zero-order valence-corrected chi connectivity index (χ0v) is 39.9. The van der Waals surface area contributed by atoms with Gasteiger partial charge < -0.3 is 4.46 Å². The van der Waals surface area contributed by atoms with Gasteiger partial charge in [-0.25, -0.2) is 0 Å². The lowest BCUT2D eigenvalue weighted by Crippen LogP contribution is -2.55. The van der Waals surface area contributed by atoms with E-state index in [0.717, 1.165) is 5.19 Å². The van der Waals surface area contributed by atoms with Crippen molar-refractivity contribution in [1.82, 2.24) is 0 Å². The Morgan fingerprint density at radius 3 is 0.955 bits per heavy atom. The predicted molar refractivity (Wildman–Crippen MR) is 221 cm³/mol. The van der Waals surface area contributed by atoms with Gasteiger partial charge in [0.25, 0.3) is 0 Å². The molecule has 0 N–H and O–H groups in total. The van der Waals surface area contributed by atoms with Gasteiger partial charge in [-0.15, -0.1) is 0 Å². The second-order valence-corrected chi connectivity index (χ2v) is 55.9. The maximum absolute atomic E-state index is 15.7. The summed E-state index contributed by atoms with van der Waals surface area (Å²) in [6, 6.07) is 9.95. The number of rotatable bonds is 11. The Labute approximate surface area is 282 Å². The molecule has 0 aliphatic heterocycles. The average Bonchev–Trinajstić information content (AvgIpc) is 2.66. The third-order valence-electron chi connectivity index (χ3n) is 9.50. The van der Waals surface area contributed by atoms with Crippen LogP contribution in [-0.4, -0.2) is 57.1 Å². The van der Waals surface area contributed by atoms with Gasteiger partial charge in [0.1, 0.15) is 0 Å². The Hall–Kier alpha value is -0.242. The fraction of sp³-hybridized carbons (Fsp3) is 0.667. The maximum Gasteiger partial charge on any atom is 0.347 e. The summed E-state index contributed by atoms with van der Waals surface area (Å²) in [7, 11) is -12.1. The van der Waals surface area contributed by atoms with Crippen molar-refractivity contribution in [2.75, 3.05) is 0 Å². The summed E-state index contributed by atoms with van der Waals surface area (Å²) in [5.74, 6) is 0. The summed E-state index contributed by atoms with van der Waals surface area (Å²) in [5, 5.41) is 4.22. The molecule has 2 rings (SSSR count). The fourth-order valence-electron chi connectivity index (χ4n) is 10.0. The SMILES string of the molecule is Cc1cc(C)c([Si](=O)c2c(C([Si](C)(C)C)[Si](C)(C)C)cc(C([Si](C)(C)C)[Si](C)(C)C)cc2C([Si](C)(C)C)[Si](C)(C)C)c(C)c1. The van der Waals surface area contributed by atoms with Gasteiger partial charge in [0, 0.05) is 58.8 Å². The summed E-state index contributed by atoms with van der Waals surface area (Å²) >= 11 is 0. The second kappa shape index (κ2) is 13.0. The summed E-state index contributed by atoms with van der Waals surface area (Å²) in [5.41, 5.74) is 8.37. The lowest BCUT2D eigenvalue weighted by Gasteiger charge is -2.45. The highest BCUT2D eigenvalue weighted by Gasteiger charge is 2.47. The summed E-state index contributed by atoms with van der Waals surface area (Å²) < 4.78 is 15.7. The van der Waals surface area contributed by atoms with E-state index in [2.05, 4.69) is 163 Å². The van der Waals surface area contributed by atoms with E-state index in [1.807, 2.05) is 0 Å². The molecule has 0 radical (unpaired) electrons. The van der Waals surface area contributed by atoms with E-state index in [9.17, 15) is 0 Å². The van der Waals surface area contributed by atoms with Gasteiger partial charge in [-0.05, 0) is 64.1 Å². The van der Waals surface area contributed by atoms with Crippen LogP contribution in [0.2, 0.25) is 118 Å². The Morgan fingerprint density at radius 1 is 0.432 bits per heavy atom. The molecule has 2 aromatic carbocycles. The zero-order valence-electron chi connectivity index (χ0n) is 32.9. The molecule has 248 valence electrons. The van der Waals surface area contributed by atoms with Gasteiger partial charge in [0.2, 0.25) is 0 Å². The third-order valence-corrected chi connectivity index (χ3v) is 39.7. The van der Waals surface area contributed by atoms with E-state index in [1.165, 1.54) is 33.0 Å². The first-order valence-corrected chi connectivity index (χ1v) is 40.0. The Kier molecular flexibility index (Phi) is 11.8. The van der Waals surface area contributed by atoms with E-state index in [4.69, 9.17) is 0 Å². The molecule has 0 unspecified atom stereocenters. The zero-order chi connectivity index (χ0) is 34.8. The third kappa shape index (κ3) is 9.01. The van der Waals surface area contributed by atoms with Crippen molar-refractivity contribution in [3.8, 4) is 0 Å². The monoisotopic (exact) mass is 714 g/mol. The van der Waals surface area contributed by atoms with Gasteiger partial charge in [-0.2, -0.15) is 0 Å². The van der Waals surface area contributed by atoms with Crippen molar-refractivity contribution in [1.29, 1.82) is 0 Å². The van der Waals surface area contributed by atoms with Crippen LogP contribution in [0.15, 0.2) is 24.3 Å². The number of aryl methyl sites for hydroxylation is 3. The van der Waals surface area contributed by atoms with Crippen LogP contribution in [0.3, 0.4) is 0 Å². The molecule has 8 heteroatoms. The molecule has 0 saturated heterocycles. The molecule has 0 heterocycles. The molecule has 0 amide bonds. The summed E-state index contributed by atoms with van der Waals surface area (Å²) in [6.07, 6.45) is 0. The van der Waals surface area contributed by atoms with Gasteiger partial charge >= 0.3 is 8.68 Å². The van der Waals surface area contributed by atoms with Crippen molar-refractivity contribution in [3.63, 3.8) is 0 Å². The van der Waals surface area contributed by atoms with Gasteiger partial charge in [-0.3, -0.25) is 0 Å². The highest BCUT2D eigenvalue weighted by molar-refractivity contribution is 6.98. The minimum absolute atomic E-state index is 0.552. The van der Waals surface area contributed by atoms with Crippen LogP contribution in [0.1, 0.15) is 48.9 Å². The lowest BCUT2D eigenvalue weighted by molar-refractivity contribution is 0.575. The van der Waals surface area contributed by atoms with Crippen LogP contribution in [0.25, 0.3) is 0 Å². The minimum atomic E-state index is -2.26. The van der Waals surface area contributed by atoms with Crippen LogP contribution in [0.5, 0.6) is 0 Å². The van der Waals surface area contributed by atoms with Crippen LogP contribution in [0.4, 0.5) is 0 Å². The molecular weight excluding hydrogens is 645 g/mol. The van der Waals surface area contributed by atoms with Crippen LogP contribution < -0.4 is 10.4 Å². The Balaban J connectivity index is 3.46. The molecule has 0 aliphatic carbocycles. The van der Waals surface area contributed by atoms with Crippen molar-refractivity contribution < 1.29 is 4.46 Å². The fourth-order valence-corrected chi connectivity index (χ4v) is 50.8. The minimum Gasteiger partial charge on any atom is -0.376 e. The van der Waals surface area contributed by atoms with Crippen LogP contribution in [0, 0.1) is 20.8 Å². The standard InChI is InChI=1S/C36H70OSi7/c1-26-22-27(2)32(28(3)23-26)38(37)33-30(35(41(10,11)12)42(13,14)15)24-29(34(39(4,5)6)40(7,8)9)25-31(33)36(43(16,17)18)44(19,20)21/h22-25,34-36H,1-21H3. The highest BCUT2D eigenvalue weighted by Crippen LogP contribution is 2.44. The highest BCUT2D eigenvalue weighted by atomic mass is 28.4. The molecule has 0 aromatic heterocycles. The van der Waals surface area contributed by atoms with Crippen LogP contribution in [-0.2, 0) is 4.46 Å². The van der Waals surface area contributed by atoms with E-state index in [1.54, 1.807) is 5.56 Å². The molecule has 2 aromatic rings. The van der Waals surface area contributed by atoms with Crippen molar-refractivity contribution in [2.45, 2.75) is 154 Å². The number of benzene rings is 2. The molecule has 0 saturated carbocycles. The van der Waals surface area contributed by atoms with Gasteiger partial charge in [0.15, 0.2) is 0 Å². The van der Waals surface area contributed by atoms with Gasteiger partial charge in [-0.1, -0.05) is 148 Å². The van der Waals surface area contributed by atoms with Gasteiger partial charge in [0.05, 0.1) is 0 Å². The quantitative estimate of drug-likeness (QED) is 0.212. The topological polar surface area (TPSA) is 17.1 Å². The largest absolute Gasteiger partial charge is 0.376 e. The summed E-state index contributed by atoms with van der Waals surface area (Å²) in [4.78, 5) is 0. The smallest absolute Gasteiger partial charge is 0.347 e. The van der Waals surface area contributed by atoms with Crippen molar-refractivity contribution >= 4 is 67.5 Å². The number of hydrogen-bond donors (Lipinski definition) is 0. The molecule has 0 bridgehead atoms. The Bertz CT molecular complexity index is 1250. The first-order valence-electron chi connectivity index (χ1n) is 17.1. The molecule has 0 fully saturated rings. The first-order chi connectivity index (χ1) is 19.3. The average molecular weight is 716 g/mol. The molecular formula is C36H70OSi7. The normalized spacial score (nSPS) is 14.3. The van der Waals surface area contributed by atoms with E-state index in [-0.39, 0.29) is 0 Å². The first kappa shape index (κ1) is 39.9. The van der Waals surface area contributed by atoms with E-state index < -0.39 is 57.1 Å². The van der Waals surface area contributed by atoms with Crippen molar-refractivity contribution in [3.05, 3.63) is 57.6 Å². The molecule has 44 heavy (non-hydrogen) atoms. The molecule has 1 nitrogen and oxygen atoms in total. The second-order valence-electron chi connectivity index (χ2n) is 20.7. The maximum atomic E-state index is 15.7. The predicted octanol–water partition coefficient (Wildman–Crippen LogP) is 10.7.